The molecule has 26 heavy (non-hydrogen) atoms. The number of nitrogens with one attached hydrogen (secondary N) is 1. The SMILES string of the molecule is Cc1nn(-c2ccccc2)c(NC(=O)CCC(=O)[O-])c1-c1ccccc1. The lowest BCUT2D eigenvalue weighted by atomic mass is 10.1. The summed E-state index contributed by atoms with van der Waals surface area (Å²) >= 11 is 0. The van der Waals surface area contributed by atoms with Crippen LogP contribution in [0.2, 0.25) is 0 Å². The summed E-state index contributed by atoms with van der Waals surface area (Å²) in [5, 5.41) is 18.0. The number of carboxylic acids is 1. The van der Waals surface area contributed by atoms with Gasteiger partial charge in [0.15, 0.2) is 0 Å². The minimum absolute atomic E-state index is 0.157. The molecule has 0 atom stereocenters. The smallest absolute Gasteiger partial charge is 0.225 e. The third kappa shape index (κ3) is 3.80. The van der Waals surface area contributed by atoms with E-state index in [1.54, 1.807) is 4.68 Å². The number of para-hydroxylation sites is 1. The summed E-state index contributed by atoms with van der Waals surface area (Å²) in [6.07, 6.45) is -0.486. The molecule has 0 aliphatic rings. The predicted octanol–water partition coefficient (Wildman–Crippen LogP) is 2.32. The van der Waals surface area contributed by atoms with Crippen LogP contribution in [0, 0.1) is 6.92 Å². The number of anilines is 1. The van der Waals surface area contributed by atoms with E-state index in [9.17, 15) is 14.7 Å². The first-order valence-corrected chi connectivity index (χ1v) is 8.26. The number of carbonyl (C=O) groups is 2. The quantitative estimate of drug-likeness (QED) is 0.740. The molecule has 0 spiro atoms. The van der Waals surface area contributed by atoms with Crippen molar-refractivity contribution in [3.8, 4) is 16.8 Å². The minimum Gasteiger partial charge on any atom is -0.550 e. The highest BCUT2D eigenvalue weighted by molar-refractivity contribution is 5.96. The highest BCUT2D eigenvalue weighted by atomic mass is 16.4. The van der Waals surface area contributed by atoms with Crippen LogP contribution < -0.4 is 10.4 Å². The maximum atomic E-state index is 12.2. The second-order valence-electron chi connectivity index (χ2n) is 5.84. The lowest BCUT2D eigenvalue weighted by Crippen LogP contribution is -2.24. The van der Waals surface area contributed by atoms with Gasteiger partial charge in [-0.15, -0.1) is 0 Å². The Kier molecular flexibility index (Phi) is 5.12. The maximum absolute atomic E-state index is 12.2. The Labute approximate surface area is 151 Å². The van der Waals surface area contributed by atoms with Gasteiger partial charge in [-0.25, -0.2) is 4.68 Å². The Morgan fingerprint density at radius 3 is 2.23 bits per heavy atom. The van der Waals surface area contributed by atoms with E-state index < -0.39 is 11.9 Å². The molecule has 0 fully saturated rings. The van der Waals surface area contributed by atoms with Crippen LogP contribution in [0.4, 0.5) is 5.82 Å². The van der Waals surface area contributed by atoms with Crippen LogP contribution in [0.15, 0.2) is 60.7 Å². The number of aromatic nitrogens is 2. The molecule has 1 aromatic heterocycles. The second kappa shape index (κ2) is 7.65. The Hall–Kier alpha value is -3.41. The molecular formula is C20H18N3O3-. The van der Waals surface area contributed by atoms with E-state index >= 15 is 0 Å². The number of rotatable bonds is 6. The lowest BCUT2D eigenvalue weighted by molar-refractivity contribution is -0.305. The van der Waals surface area contributed by atoms with Gasteiger partial charge in [-0.05, 0) is 31.0 Å². The summed E-state index contributed by atoms with van der Waals surface area (Å²) in [6.45, 7) is 1.87. The number of hydrogen-bond acceptors (Lipinski definition) is 4. The fourth-order valence-electron chi connectivity index (χ4n) is 2.76. The number of aliphatic carboxylic acids is 1. The third-order valence-corrected chi connectivity index (χ3v) is 3.94. The number of nitrogens with zero attached hydrogens (tertiary/aromatic N) is 2. The van der Waals surface area contributed by atoms with Crippen LogP contribution in [0.5, 0.6) is 0 Å². The van der Waals surface area contributed by atoms with Crippen LogP contribution >= 0.6 is 0 Å². The highest BCUT2D eigenvalue weighted by Gasteiger charge is 2.19. The Bertz CT molecular complexity index is 918. The number of benzene rings is 2. The van der Waals surface area contributed by atoms with E-state index in [1.807, 2.05) is 67.6 Å². The van der Waals surface area contributed by atoms with Gasteiger partial charge >= 0.3 is 0 Å². The van der Waals surface area contributed by atoms with Crippen molar-refractivity contribution < 1.29 is 14.7 Å². The molecule has 3 rings (SSSR count). The van der Waals surface area contributed by atoms with Crippen molar-refractivity contribution in [3.63, 3.8) is 0 Å². The van der Waals surface area contributed by atoms with E-state index in [0.717, 1.165) is 22.5 Å². The molecule has 0 aliphatic heterocycles. The zero-order valence-electron chi connectivity index (χ0n) is 14.3. The van der Waals surface area contributed by atoms with Gasteiger partial charge in [0, 0.05) is 18.0 Å². The molecule has 132 valence electrons. The largest absolute Gasteiger partial charge is 0.550 e. The normalized spacial score (nSPS) is 10.5. The number of aryl methyl sites for hydroxylation is 1. The van der Waals surface area contributed by atoms with Crippen LogP contribution in [-0.4, -0.2) is 21.7 Å². The predicted molar refractivity (Wildman–Crippen MR) is 96.6 cm³/mol. The molecule has 0 saturated heterocycles. The fraction of sp³-hybridized carbons (Fsp3) is 0.150. The van der Waals surface area contributed by atoms with E-state index in [-0.39, 0.29) is 12.8 Å². The van der Waals surface area contributed by atoms with E-state index in [1.165, 1.54) is 0 Å². The van der Waals surface area contributed by atoms with Gasteiger partial charge in [-0.1, -0.05) is 48.5 Å². The van der Waals surface area contributed by atoms with Gasteiger partial charge in [-0.3, -0.25) is 4.79 Å². The fourth-order valence-corrected chi connectivity index (χ4v) is 2.76. The lowest BCUT2D eigenvalue weighted by Gasteiger charge is -2.12. The summed E-state index contributed by atoms with van der Waals surface area (Å²) in [5.41, 5.74) is 3.28. The molecule has 0 bridgehead atoms. The summed E-state index contributed by atoms with van der Waals surface area (Å²) < 4.78 is 1.66. The first-order chi connectivity index (χ1) is 12.6. The highest BCUT2D eigenvalue weighted by Crippen LogP contribution is 2.33. The minimum atomic E-state index is -1.25. The van der Waals surface area contributed by atoms with Gasteiger partial charge in [-0.2, -0.15) is 5.10 Å². The first-order valence-electron chi connectivity index (χ1n) is 8.26. The second-order valence-corrected chi connectivity index (χ2v) is 5.84. The molecule has 1 heterocycles. The van der Waals surface area contributed by atoms with Gasteiger partial charge in [0.1, 0.15) is 5.82 Å². The summed E-state index contributed by atoms with van der Waals surface area (Å²) in [4.78, 5) is 22.9. The monoisotopic (exact) mass is 348 g/mol. The molecule has 0 aliphatic carbocycles. The number of amides is 1. The summed E-state index contributed by atoms with van der Waals surface area (Å²) in [6, 6.07) is 19.1. The molecule has 0 unspecified atom stereocenters. The van der Waals surface area contributed by atoms with Crippen LogP contribution in [0.25, 0.3) is 16.8 Å². The Morgan fingerprint density at radius 2 is 1.62 bits per heavy atom. The zero-order valence-corrected chi connectivity index (χ0v) is 14.3. The van der Waals surface area contributed by atoms with Crippen molar-refractivity contribution in [1.29, 1.82) is 0 Å². The molecule has 6 nitrogen and oxygen atoms in total. The maximum Gasteiger partial charge on any atom is 0.225 e. The zero-order chi connectivity index (χ0) is 18.5. The van der Waals surface area contributed by atoms with Gasteiger partial charge < -0.3 is 15.2 Å². The summed E-state index contributed by atoms with van der Waals surface area (Å²) in [7, 11) is 0. The molecule has 0 saturated carbocycles. The third-order valence-electron chi connectivity index (χ3n) is 3.94. The van der Waals surface area contributed by atoms with Crippen LogP contribution in [0.3, 0.4) is 0 Å². The van der Waals surface area contributed by atoms with Crippen molar-refractivity contribution in [1.82, 2.24) is 9.78 Å². The number of carbonyl (C=O) groups excluding carboxylic acids is 2. The number of carboxylic acid groups (broad SMARTS) is 1. The Morgan fingerprint density at radius 1 is 1.00 bits per heavy atom. The molecule has 1 N–H and O–H groups in total. The van der Waals surface area contributed by atoms with Crippen molar-refractivity contribution in [2.45, 2.75) is 19.8 Å². The van der Waals surface area contributed by atoms with E-state index in [2.05, 4.69) is 10.4 Å². The standard InChI is InChI=1S/C20H19N3O3/c1-14-19(15-8-4-2-5-9-15)20(21-17(24)12-13-18(25)26)23(22-14)16-10-6-3-7-11-16/h2-11H,12-13H2,1H3,(H,21,24)(H,25,26)/p-1. The van der Waals surface area contributed by atoms with Crippen molar-refractivity contribution in [2.75, 3.05) is 5.32 Å². The average molecular weight is 348 g/mol. The summed E-state index contributed by atoms with van der Waals surface area (Å²) in [5.74, 6) is -1.14. The van der Waals surface area contributed by atoms with Crippen molar-refractivity contribution >= 4 is 17.7 Å². The molecule has 6 heteroatoms. The molecule has 2 aromatic carbocycles. The van der Waals surface area contributed by atoms with Gasteiger partial charge in [0.2, 0.25) is 5.91 Å². The van der Waals surface area contributed by atoms with Crippen LogP contribution in [-0.2, 0) is 9.59 Å². The van der Waals surface area contributed by atoms with Gasteiger partial charge in [0.05, 0.1) is 11.4 Å². The molecule has 3 aromatic rings. The topological polar surface area (TPSA) is 87.0 Å². The van der Waals surface area contributed by atoms with E-state index in [0.29, 0.717) is 5.82 Å². The molecule has 1 amide bonds. The number of hydrogen-bond donors (Lipinski definition) is 1. The van der Waals surface area contributed by atoms with Crippen molar-refractivity contribution in [2.24, 2.45) is 0 Å². The van der Waals surface area contributed by atoms with E-state index in [4.69, 9.17) is 0 Å². The molecular weight excluding hydrogens is 330 g/mol. The Balaban J connectivity index is 2.06. The van der Waals surface area contributed by atoms with Gasteiger partial charge in [0.25, 0.3) is 0 Å². The van der Waals surface area contributed by atoms with Crippen molar-refractivity contribution in [3.05, 3.63) is 66.4 Å². The van der Waals surface area contributed by atoms with Crippen LogP contribution in [0.1, 0.15) is 18.5 Å². The molecule has 0 radical (unpaired) electrons. The first kappa shape index (κ1) is 17.4. The average Bonchev–Trinajstić information content (AvgIpc) is 2.97.